The van der Waals surface area contributed by atoms with E-state index >= 15 is 0 Å². The molecular weight excluding hydrogens is 372 g/mol. The van der Waals surface area contributed by atoms with Crippen molar-refractivity contribution in [3.05, 3.63) is 46.9 Å². The summed E-state index contributed by atoms with van der Waals surface area (Å²) < 4.78 is 0. The number of allylic oxidation sites excluding steroid dienone is 2. The third-order valence-corrected chi connectivity index (χ3v) is 6.03. The van der Waals surface area contributed by atoms with E-state index in [1.807, 2.05) is 13.0 Å². The maximum absolute atomic E-state index is 12.6. The Balaban J connectivity index is 1.72. The molecule has 28 heavy (non-hydrogen) atoms. The quantitative estimate of drug-likeness (QED) is 0.722. The molecule has 148 valence electrons. The molecule has 2 aromatic rings. The predicted octanol–water partition coefficient (Wildman–Crippen LogP) is 3.73. The van der Waals surface area contributed by atoms with Gasteiger partial charge in [-0.25, -0.2) is 4.98 Å². The van der Waals surface area contributed by atoms with Gasteiger partial charge in [0.2, 0.25) is 5.91 Å². The number of aromatic nitrogens is 1. The van der Waals surface area contributed by atoms with E-state index in [1.54, 1.807) is 6.08 Å². The topological polar surface area (TPSA) is 82.1 Å². The Labute approximate surface area is 169 Å². The van der Waals surface area contributed by atoms with Crippen LogP contribution in [0.5, 0.6) is 0 Å². The number of unbranched alkanes of at least 4 members (excludes halogenated alkanes) is 1. The van der Waals surface area contributed by atoms with E-state index in [0.717, 1.165) is 22.6 Å². The first-order valence-corrected chi connectivity index (χ1v) is 10.5. The highest BCUT2D eigenvalue weighted by atomic mass is 32.1. The Kier molecular flexibility index (Phi) is 6.62. The first kappa shape index (κ1) is 20.3. The van der Waals surface area contributed by atoms with E-state index in [1.165, 1.54) is 29.7 Å². The lowest BCUT2D eigenvalue weighted by atomic mass is 9.82. The van der Waals surface area contributed by atoms with Crippen LogP contribution in [-0.2, 0) is 16.0 Å². The average Bonchev–Trinajstić information content (AvgIpc) is 3.06. The SMILES string of the molecule is CCCCc1ccc(-c2nc(NC(=O)C3CC=CCC3C(=O)[O-])sc2C)cc1. The van der Waals surface area contributed by atoms with Gasteiger partial charge in [-0.2, -0.15) is 0 Å². The van der Waals surface area contributed by atoms with E-state index in [9.17, 15) is 14.7 Å². The molecule has 1 aliphatic rings. The standard InChI is InChI=1S/C22H26N2O3S/c1-3-4-7-15-10-12-16(13-11-15)19-14(2)28-22(23-19)24-20(25)17-8-5-6-9-18(17)21(26)27/h5-6,10-13,17-18H,3-4,7-9H2,1-2H3,(H,26,27)(H,23,24,25)/p-1. The van der Waals surface area contributed by atoms with Crippen molar-refractivity contribution in [1.29, 1.82) is 0 Å². The van der Waals surface area contributed by atoms with Crippen molar-refractivity contribution in [2.45, 2.75) is 46.0 Å². The zero-order valence-electron chi connectivity index (χ0n) is 16.2. The van der Waals surface area contributed by atoms with Crippen molar-refractivity contribution in [3.8, 4) is 11.3 Å². The van der Waals surface area contributed by atoms with Crippen molar-refractivity contribution in [3.63, 3.8) is 0 Å². The molecule has 0 radical (unpaired) electrons. The lowest BCUT2D eigenvalue weighted by Crippen LogP contribution is -2.41. The Morgan fingerprint density at radius 2 is 1.86 bits per heavy atom. The minimum absolute atomic E-state index is 0.311. The number of carbonyl (C=O) groups excluding carboxylic acids is 2. The summed E-state index contributed by atoms with van der Waals surface area (Å²) in [6, 6.07) is 8.38. The molecular formula is C22H25N2O3S-. The molecule has 6 heteroatoms. The molecule has 5 nitrogen and oxygen atoms in total. The van der Waals surface area contributed by atoms with Gasteiger partial charge in [-0.1, -0.05) is 49.8 Å². The van der Waals surface area contributed by atoms with Gasteiger partial charge in [0, 0.05) is 22.3 Å². The molecule has 1 aromatic carbocycles. The first-order valence-electron chi connectivity index (χ1n) is 9.73. The monoisotopic (exact) mass is 397 g/mol. The number of aliphatic carboxylic acids is 1. The van der Waals surface area contributed by atoms with Gasteiger partial charge >= 0.3 is 0 Å². The molecule has 0 bridgehead atoms. The number of rotatable bonds is 7. The minimum atomic E-state index is -1.18. The molecule has 1 heterocycles. The molecule has 1 aliphatic carbocycles. The number of carboxylic acids is 1. The fraction of sp³-hybridized carbons (Fsp3) is 0.409. The minimum Gasteiger partial charge on any atom is -0.550 e. The molecule has 2 atom stereocenters. The number of carboxylic acid groups (broad SMARTS) is 1. The molecule has 1 aromatic heterocycles. The van der Waals surface area contributed by atoms with Crippen molar-refractivity contribution in [2.75, 3.05) is 5.32 Å². The fourth-order valence-corrected chi connectivity index (χ4v) is 4.33. The summed E-state index contributed by atoms with van der Waals surface area (Å²) in [5, 5.41) is 14.6. The molecule has 0 fully saturated rings. The lowest BCUT2D eigenvalue weighted by molar-refractivity contribution is -0.313. The number of hydrogen-bond acceptors (Lipinski definition) is 5. The molecule has 0 aliphatic heterocycles. The van der Waals surface area contributed by atoms with Gasteiger partial charge in [0.1, 0.15) is 0 Å². The van der Waals surface area contributed by atoms with Gasteiger partial charge in [-0.05, 0) is 38.2 Å². The summed E-state index contributed by atoms with van der Waals surface area (Å²) in [5.74, 6) is -2.90. The summed E-state index contributed by atoms with van der Waals surface area (Å²) in [5.41, 5.74) is 3.18. The van der Waals surface area contributed by atoms with Gasteiger partial charge in [0.05, 0.1) is 11.6 Å². The second kappa shape index (κ2) is 9.15. The number of amides is 1. The number of aryl methyl sites for hydroxylation is 2. The van der Waals surface area contributed by atoms with E-state index in [2.05, 4.69) is 41.5 Å². The number of hydrogen-bond donors (Lipinski definition) is 1. The van der Waals surface area contributed by atoms with E-state index < -0.39 is 17.8 Å². The molecule has 0 saturated carbocycles. The number of carbonyl (C=O) groups is 2. The number of benzene rings is 1. The van der Waals surface area contributed by atoms with Gasteiger partial charge in [0.15, 0.2) is 5.13 Å². The van der Waals surface area contributed by atoms with Crippen molar-refractivity contribution >= 4 is 28.3 Å². The molecule has 0 spiro atoms. The highest BCUT2D eigenvalue weighted by Crippen LogP contribution is 2.32. The maximum atomic E-state index is 12.6. The third kappa shape index (κ3) is 4.68. The number of nitrogens with one attached hydrogen (secondary N) is 1. The predicted molar refractivity (Wildman–Crippen MR) is 110 cm³/mol. The van der Waals surface area contributed by atoms with Crippen LogP contribution in [0.4, 0.5) is 5.13 Å². The number of thiazole rings is 1. The van der Waals surface area contributed by atoms with E-state index in [-0.39, 0.29) is 5.91 Å². The molecule has 3 rings (SSSR count). The Hall–Kier alpha value is -2.47. The Morgan fingerprint density at radius 1 is 1.18 bits per heavy atom. The van der Waals surface area contributed by atoms with Crippen LogP contribution in [0.15, 0.2) is 36.4 Å². The van der Waals surface area contributed by atoms with Crippen LogP contribution in [0.2, 0.25) is 0 Å². The van der Waals surface area contributed by atoms with Crippen LogP contribution >= 0.6 is 11.3 Å². The summed E-state index contributed by atoms with van der Waals surface area (Å²) in [6.45, 7) is 4.16. The number of nitrogens with zero attached hydrogens (tertiary/aromatic N) is 1. The smallest absolute Gasteiger partial charge is 0.230 e. The van der Waals surface area contributed by atoms with Gasteiger partial charge in [0.25, 0.3) is 0 Å². The Bertz CT molecular complexity index is 870. The van der Waals surface area contributed by atoms with Crippen molar-refractivity contribution < 1.29 is 14.7 Å². The van der Waals surface area contributed by atoms with Crippen LogP contribution in [0, 0.1) is 18.8 Å². The summed E-state index contributed by atoms with van der Waals surface area (Å²) in [6.07, 6.45) is 7.79. The van der Waals surface area contributed by atoms with E-state index in [0.29, 0.717) is 18.0 Å². The maximum Gasteiger partial charge on any atom is 0.230 e. The van der Waals surface area contributed by atoms with Crippen molar-refractivity contribution in [1.82, 2.24) is 4.98 Å². The van der Waals surface area contributed by atoms with Crippen LogP contribution in [0.25, 0.3) is 11.3 Å². The largest absolute Gasteiger partial charge is 0.550 e. The van der Waals surface area contributed by atoms with Crippen LogP contribution in [-0.4, -0.2) is 16.9 Å². The fourth-order valence-electron chi connectivity index (χ4n) is 3.49. The van der Waals surface area contributed by atoms with Gasteiger partial charge in [-0.3, -0.25) is 4.79 Å². The van der Waals surface area contributed by atoms with E-state index in [4.69, 9.17) is 0 Å². The highest BCUT2D eigenvalue weighted by Gasteiger charge is 2.30. The average molecular weight is 398 g/mol. The van der Waals surface area contributed by atoms with Crippen LogP contribution in [0.1, 0.15) is 43.0 Å². The van der Waals surface area contributed by atoms with Gasteiger partial charge in [-0.15, -0.1) is 11.3 Å². The van der Waals surface area contributed by atoms with Crippen molar-refractivity contribution in [2.24, 2.45) is 11.8 Å². The highest BCUT2D eigenvalue weighted by molar-refractivity contribution is 7.16. The lowest BCUT2D eigenvalue weighted by Gasteiger charge is -2.27. The zero-order valence-corrected chi connectivity index (χ0v) is 17.1. The second-order valence-corrected chi connectivity index (χ2v) is 8.39. The van der Waals surface area contributed by atoms with Crippen LogP contribution < -0.4 is 10.4 Å². The summed E-state index contributed by atoms with van der Waals surface area (Å²) in [4.78, 5) is 29.5. The number of anilines is 1. The van der Waals surface area contributed by atoms with Crippen LogP contribution in [0.3, 0.4) is 0 Å². The molecule has 0 saturated heterocycles. The third-order valence-electron chi connectivity index (χ3n) is 5.15. The Morgan fingerprint density at radius 3 is 2.50 bits per heavy atom. The summed E-state index contributed by atoms with van der Waals surface area (Å²) >= 11 is 1.41. The first-order chi connectivity index (χ1) is 13.5. The molecule has 2 unspecified atom stereocenters. The zero-order chi connectivity index (χ0) is 20.1. The molecule has 1 N–H and O–H groups in total. The summed E-state index contributed by atoms with van der Waals surface area (Å²) in [7, 11) is 0. The molecule has 1 amide bonds. The van der Waals surface area contributed by atoms with Gasteiger partial charge < -0.3 is 15.2 Å². The second-order valence-electron chi connectivity index (χ2n) is 7.19. The normalized spacial score (nSPS) is 18.8.